The summed E-state index contributed by atoms with van der Waals surface area (Å²) in [6.45, 7) is 7.39. The van der Waals surface area contributed by atoms with Gasteiger partial charge in [0.1, 0.15) is 0 Å². The van der Waals surface area contributed by atoms with Crippen LogP contribution in [-0.4, -0.2) is 43.2 Å². The Morgan fingerprint density at radius 3 is 2.71 bits per heavy atom. The number of hydrogen-bond acceptors (Lipinski definition) is 4. The highest BCUT2D eigenvalue weighted by molar-refractivity contribution is 7.10. The molecule has 1 fully saturated rings. The summed E-state index contributed by atoms with van der Waals surface area (Å²) in [7, 11) is 0. The first-order chi connectivity index (χ1) is 11.6. The van der Waals surface area contributed by atoms with Crippen molar-refractivity contribution in [2.24, 2.45) is 0 Å². The zero-order valence-electron chi connectivity index (χ0n) is 14.2. The van der Waals surface area contributed by atoms with Crippen LogP contribution < -0.4 is 5.32 Å². The fourth-order valence-electron chi connectivity index (χ4n) is 3.21. The van der Waals surface area contributed by atoms with Gasteiger partial charge in [-0.15, -0.1) is 11.3 Å². The van der Waals surface area contributed by atoms with Crippen LogP contribution in [0.4, 0.5) is 0 Å². The summed E-state index contributed by atoms with van der Waals surface area (Å²) in [6.07, 6.45) is 0. The molecule has 0 radical (unpaired) electrons. The van der Waals surface area contributed by atoms with Crippen molar-refractivity contribution in [1.29, 1.82) is 0 Å². The van der Waals surface area contributed by atoms with E-state index >= 15 is 0 Å². The lowest BCUT2D eigenvalue weighted by atomic mass is 10.0. The molecule has 4 nitrogen and oxygen atoms in total. The second-order valence-electron chi connectivity index (χ2n) is 6.24. The van der Waals surface area contributed by atoms with Crippen LogP contribution in [-0.2, 0) is 4.74 Å². The van der Waals surface area contributed by atoms with E-state index in [1.54, 1.807) is 11.3 Å². The quantitative estimate of drug-likeness (QED) is 0.905. The van der Waals surface area contributed by atoms with E-state index < -0.39 is 0 Å². The predicted molar refractivity (Wildman–Crippen MR) is 97.6 cm³/mol. The number of rotatable bonds is 5. The molecule has 1 aromatic carbocycles. The summed E-state index contributed by atoms with van der Waals surface area (Å²) in [6, 6.07) is 12.1. The first kappa shape index (κ1) is 17.1. The van der Waals surface area contributed by atoms with Crippen LogP contribution in [0, 0.1) is 6.92 Å². The molecule has 0 bridgehead atoms. The van der Waals surface area contributed by atoms with Gasteiger partial charge in [-0.3, -0.25) is 9.69 Å². The second-order valence-corrected chi connectivity index (χ2v) is 7.22. The zero-order valence-corrected chi connectivity index (χ0v) is 15.0. The molecule has 3 rings (SSSR count). The van der Waals surface area contributed by atoms with E-state index in [2.05, 4.69) is 34.7 Å². The van der Waals surface area contributed by atoms with E-state index in [9.17, 15) is 4.79 Å². The minimum absolute atomic E-state index is 0.0129. The van der Waals surface area contributed by atoms with Gasteiger partial charge in [0.05, 0.1) is 19.3 Å². The van der Waals surface area contributed by atoms with E-state index in [4.69, 9.17) is 4.74 Å². The Bertz CT molecular complexity index is 666. The summed E-state index contributed by atoms with van der Waals surface area (Å²) in [5.41, 5.74) is 1.81. The van der Waals surface area contributed by atoms with Crippen molar-refractivity contribution in [3.05, 3.63) is 57.8 Å². The maximum absolute atomic E-state index is 12.6. The molecule has 2 aromatic rings. The molecular weight excluding hydrogens is 320 g/mol. The Kier molecular flexibility index (Phi) is 5.66. The number of carbonyl (C=O) groups excluding carboxylic acids is 1. The minimum atomic E-state index is -0.0129. The zero-order chi connectivity index (χ0) is 16.9. The van der Waals surface area contributed by atoms with Crippen LogP contribution in [0.2, 0.25) is 0 Å². The summed E-state index contributed by atoms with van der Waals surface area (Å²) in [5.74, 6) is -0.0129. The Hall–Kier alpha value is -1.69. The molecule has 1 aliphatic rings. The monoisotopic (exact) mass is 344 g/mol. The molecule has 2 heterocycles. The maximum Gasteiger partial charge on any atom is 0.251 e. The topological polar surface area (TPSA) is 41.6 Å². The summed E-state index contributed by atoms with van der Waals surface area (Å²) < 4.78 is 5.48. The molecule has 24 heavy (non-hydrogen) atoms. The number of ether oxygens (including phenoxy) is 1. The minimum Gasteiger partial charge on any atom is -0.379 e. The first-order valence-electron chi connectivity index (χ1n) is 8.38. The summed E-state index contributed by atoms with van der Waals surface area (Å²) >= 11 is 1.74. The van der Waals surface area contributed by atoms with Gasteiger partial charge < -0.3 is 10.1 Å². The summed E-state index contributed by atoms with van der Waals surface area (Å²) in [5, 5.41) is 5.29. The van der Waals surface area contributed by atoms with Crippen LogP contribution in [0.25, 0.3) is 0 Å². The number of amides is 1. The molecule has 1 saturated heterocycles. The molecule has 0 unspecified atom stereocenters. The third-order valence-corrected chi connectivity index (χ3v) is 5.33. The van der Waals surface area contributed by atoms with E-state index in [0.29, 0.717) is 5.56 Å². The number of benzene rings is 1. The first-order valence-corrected chi connectivity index (χ1v) is 9.26. The normalized spacial score (nSPS) is 18.1. The number of morpholine rings is 1. The fraction of sp³-hybridized carbons (Fsp3) is 0.421. The molecule has 1 aromatic heterocycles. The lowest BCUT2D eigenvalue weighted by Crippen LogP contribution is -2.48. The van der Waals surface area contributed by atoms with Gasteiger partial charge in [-0.1, -0.05) is 23.8 Å². The highest BCUT2D eigenvalue weighted by atomic mass is 32.1. The average Bonchev–Trinajstić information content (AvgIpc) is 3.10. The Morgan fingerprint density at radius 1 is 1.25 bits per heavy atom. The van der Waals surface area contributed by atoms with Crippen LogP contribution in [0.3, 0.4) is 0 Å². The van der Waals surface area contributed by atoms with Crippen molar-refractivity contribution in [3.63, 3.8) is 0 Å². The van der Waals surface area contributed by atoms with Crippen LogP contribution in [0.15, 0.2) is 41.8 Å². The molecule has 1 amide bonds. The number of thiophene rings is 1. The molecule has 5 heteroatoms. The smallest absolute Gasteiger partial charge is 0.251 e. The number of nitrogens with zero attached hydrogens (tertiary/aromatic N) is 1. The van der Waals surface area contributed by atoms with Crippen LogP contribution >= 0.6 is 11.3 Å². The van der Waals surface area contributed by atoms with E-state index in [1.807, 2.05) is 31.2 Å². The standard InChI is InChI=1S/C19H24N2O2S/c1-14-5-3-6-16(13-14)19(22)20-15(2)18(17-7-4-12-24-17)21-8-10-23-11-9-21/h3-7,12-13,15,18H,8-11H2,1-2H3,(H,20,22)/t15-,18+/m1/s1. The van der Waals surface area contributed by atoms with Crippen molar-refractivity contribution >= 4 is 17.2 Å². The molecule has 0 saturated carbocycles. The van der Waals surface area contributed by atoms with Crippen molar-refractivity contribution in [1.82, 2.24) is 10.2 Å². The molecule has 1 aliphatic heterocycles. The molecule has 1 N–H and O–H groups in total. The lowest BCUT2D eigenvalue weighted by molar-refractivity contribution is 0.00969. The molecule has 128 valence electrons. The van der Waals surface area contributed by atoms with Crippen LogP contribution in [0.5, 0.6) is 0 Å². The Morgan fingerprint density at radius 2 is 2.04 bits per heavy atom. The number of aryl methyl sites for hydroxylation is 1. The second kappa shape index (κ2) is 7.92. The lowest BCUT2D eigenvalue weighted by Gasteiger charge is -2.37. The Labute approximate surface area is 147 Å². The van der Waals surface area contributed by atoms with Crippen molar-refractivity contribution in [3.8, 4) is 0 Å². The van der Waals surface area contributed by atoms with Crippen molar-refractivity contribution in [2.75, 3.05) is 26.3 Å². The molecule has 0 aliphatic carbocycles. The average molecular weight is 344 g/mol. The number of carbonyl (C=O) groups is 1. The summed E-state index contributed by atoms with van der Waals surface area (Å²) in [4.78, 5) is 16.3. The Balaban J connectivity index is 1.75. The molecule has 2 atom stereocenters. The SMILES string of the molecule is Cc1cccc(C(=O)N[C@H](C)[C@@H](c2cccs2)N2CCOCC2)c1. The van der Waals surface area contributed by atoms with Gasteiger partial charge in [-0.2, -0.15) is 0 Å². The van der Waals surface area contributed by atoms with E-state index in [-0.39, 0.29) is 18.0 Å². The van der Waals surface area contributed by atoms with Gasteiger partial charge in [0.15, 0.2) is 0 Å². The largest absolute Gasteiger partial charge is 0.379 e. The van der Waals surface area contributed by atoms with Crippen molar-refractivity contribution < 1.29 is 9.53 Å². The highest BCUT2D eigenvalue weighted by Gasteiger charge is 2.29. The van der Waals surface area contributed by atoms with Crippen molar-refractivity contribution in [2.45, 2.75) is 25.9 Å². The van der Waals surface area contributed by atoms with E-state index in [0.717, 1.165) is 31.9 Å². The van der Waals surface area contributed by atoms with Gasteiger partial charge in [0.25, 0.3) is 5.91 Å². The van der Waals surface area contributed by atoms with Crippen LogP contribution in [0.1, 0.15) is 33.8 Å². The molecule has 0 spiro atoms. The number of hydrogen-bond donors (Lipinski definition) is 1. The fourth-order valence-corrected chi connectivity index (χ4v) is 4.18. The molecular formula is C19H24N2O2S. The number of nitrogens with one attached hydrogen (secondary N) is 1. The van der Waals surface area contributed by atoms with E-state index in [1.165, 1.54) is 4.88 Å². The van der Waals surface area contributed by atoms with Gasteiger partial charge in [0.2, 0.25) is 0 Å². The van der Waals surface area contributed by atoms with Gasteiger partial charge in [-0.05, 0) is 37.4 Å². The predicted octanol–water partition coefficient (Wildman–Crippen LogP) is 3.25. The maximum atomic E-state index is 12.6. The highest BCUT2D eigenvalue weighted by Crippen LogP contribution is 2.29. The third kappa shape index (κ3) is 4.04. The van der Waals surface area contributed by atoms with Gasteiger partial charge in [-0.25, -0.2) is 0 Å². The van der Waals surface area contributed by atoms with Gasteiger partial charge in [0, 0.05) is 29.6 Å². The van der Waals surface area contributed by atoms with Gasteiger partial charge >= 0.3 is 0 Å². The third-order valence-electron chi connectivity index (χ3n) is 4.39.